The van der Waals surface area contributed by atoms with Crippen molar-refractivity contribution in [2.24, 2.45) is 4.36 Å². The lowest BCUT2D eigenvalue weighted by Crippen LogP contribution is -2.41. The monoisotopic (exact) mass is 297 g/mol. The number of hydrogen-bond donors (Lipinski definition) is 1. The number of aliphatic hydroxyl groups is 1. The van der Waals surface area contributed by atoms with E-state index in [1.807, 2.05) is 18.2 Å². The molecule has 1 aromatic rings. The predicted molar refractivity (Wildman–Crippen MR) is 72.2 cm³/mol. The molecule has 2 rings (SSSR count). The Morgan fingerprint density at radius 1 is 1.45 bits per heavy atom. The first-order chi connectivity index (χ1) is 9.31. The molecule has 0 radical (unpaired) electrons. The Morgan fingerprint density at radius 2 is 2.10 bits per heavy atom. The van der Waals surface area contributed by atoms with Crippen LogP contribution in [0.25, 0.3) is 0 Å². The van der Waals surface area contributed by atoms with E-state index in [0.29, 0.717) is 0 Å². The van der Waals surface area contributed by atoms with E-state index in [0.717, 1.165) is 5.56 Å². The molecule has 1 N–H and O–H groups in total. The van der Waals surface area contributed by atoms with Gasteiger partial charge in [-0.3, -0.25) is 9.59 Å². The number of hydrogen-bond acceptors (Lipinski definition) is 5. The Bertz CT molecular complexity index is 648. The van der Waals surface area contributed by atoms with Crippen LogP contribution in [0.5, 0.6) is 0 Å². The van der Waals surface area contributed by atoms with Crippen LogP contribution in [0.1, 0.15) is 12.0 Å². The van der Waals surface area contributed by atoms with Gasteiger partial charge in [0.2, 0.25) is 0 Å². The fraction of sp³-hybridized carbons (Fsp3) is 0.385. The molecule has 1 aromatic carbocycles. The van der Waals surface area contributed by atoms with Crippen molar-refractivity contribution in [2.45, 2.75) is 18.6 Å². The third-order valence-electron chi connectivity index (χ3n) is 2.86. The fourth-order valence-electron chi connectivity index (χ4n) is 1.95. The summed E-state index contributed by atoms with van der Waals surface area (Å²) >= 11 is 0. The lowest BCUT2D eigenvalue weighted by molar-refractivity contribution is -0.154. The highest BCUT2D eigenvalue weighted by atomic mass is 32.2. The maximum absolute atomic E-state index is 11.7. The number of rotatable bonds is 4. The lowest BCUT2D eigenvalue weighted by atomic mass is 10.0. The van der Waals surface area contributed by atoms with Crippen LogP contribution in [0.2, 0.25) is 0 Å². The zero-order chi connectivity index (χ0) is 14.8. The highest BCUT2D eigenvalue weighted by Gasteiger charge is 2.46. The largest absolute Gasteiger partial charge is 0.461 e. The summed E-state index contributed by atoms with van der Waals surface area (Å²) in [7, 11) is -2.75. The molecule has 2 atom stereocenters. The van der Waals surface area contributed by atoms with Crippen molar-refractivity contribution in [3.8, 4) is 0 Å². The van der Waals surface area contributed by atoms with E-state index in [1.54, 1.807) is 12.1 Å². The Labute approximate surface area is 116 Å². The number of esters is 1. The summed E-state index contributed by atoms with van der Waals surface area (Å²) in [5.41, 5.74) is -1.20. The summed E-state index contributed by atoms with van der Waals surface area (Å²) in [6.45, 7) is 0.0581. The Balaban J connectivity index is 1.93. The van der Waals surface area contributed by atoms with E-state index in [4.69, 9.17) is 4.74 Å². The second-order valence-electron chi connectivity index (χ2n) is 4.85. The smallest absolute Gasteiger partial charge is 0.309 e. The van der Waals surface area contributed by atoms with Crippen LogP contribution in [0.4, 0.5) is 0 Å². The second-order valence-corrected chi connectivity index (χ2v) is 7.24. The Morgan fingerprint density at radius 3 is 2.65 bits per heavy atom. The normalized spacial score (nSPS) is 29.0. The van der Waals surface area contributed by atoms with Crippen LogP contribution in [0, 0.1) is 0 Å². The van der Waals surface area contributed by atoms with E-state index < -0.39 is 33.6 Å². The Kier molecular flexibility index (Phi) is 3.92. The summed E-state index contributed by atoms with van der Waals surface area (Å²) in [5.74, 6) is -1.97. The molecule has 108 valence electrons. The van der Waals surface area contributed by atoms with Crippen molar-refractivity contribution < 1.29 is 23.6 Å². The van der Waals surface area contributed by atoms with Crippen LogP contribution in [0.3, 0.4) is 0 Å². The van der Waals surface area contributed by atoms with Crippen LogP contribution in [-0.4, -0.2) is 38.8 Å². The molecule has 0 fully saturated rings. The van der Waals surface area contributed by atoms with Crippen LogP contribution < -0.4 is 0 Å². The summed E-state index contributed by atoms with van der Waals surface area (Å²) in [6, 6.07) is 9.03. The first-order valence-electron chi connectivity index (χ1n) is 5.97. The van der Waals surface area contributed by atoms with Gasteiger partial charge >= 0.3 is 5.97 Å². The SMILES string of the molecule is CS1(=O)=NC(=O)C(O)(CC(=O)OCc2ccccc2)C1. The zero-order valence-corrected chi connectivity index (χ0v) is 11.8. The van der Waals surface area contributed by atoms with Crippen molar-refractivity contribution in [2.75, 3.05) is 12.0 Å². The van der Waals surface area contributed by atoms with Gasteiger partial charge in [0.25, 0.3) is 5.91 Å². The molecule has 20 heavy (non-hydrogen) atoms. The number of ether oxygens (including phenoxy) is 1. The van der Waals surface area contributed by atoms with Gasteiger partial charge in [0.05, 0.1) is 21.9 Å². The molecule has 0 saturated heterocycles. The molecular formula is C13H15NO5S. The second kappa shape index (κ2) is 5.34. The minimum Gasteiger partial charge on any atom is -0.461 e. The van der Waals surface area contributed by atoms with Gasteiger partial charge in [0.1, 0.15) is 6.61 Å². The molecule has 1 heterocycles. The van der Waals surface area contributed by atoms with E-state index >= 15 is 0 Å². The van der Waals surface area contributed by atoms with Crippen molar-refractivity contribution in [1.82, 2.24) is 0 Å². The molecule has 2 unspecified atom stereocenters. The van der Waals surface area contributed by atoms with Gasteiger partial charge in [-0.1, -0.05) is 30.3 Å². The van der Waals surface area contributed by atoms with Crippen LogP contribution in [-0.2, 0) is 30.7 Å². The van der Waals surface area contributed by atoms with Gasteiger partial charge in [0.15, 0.2) is 5.60 Å². The summed E-state index contributed by atoms with van der Waals surface area (Å²) < 4.78 is 20.0. The van der Waals surface area contributed by atoms with Gasteiger partial charge in [0, 0.05) is 6.26 Å². The van der Waals surface area contributed by atoms with Gasteiger partial charge in [-0.2, -0.15) is 4.36 Å². The molecule has 0 aromatic heterocycles. The number of nitrogens with zero attached hydrogens (tertiary/aromatic N) is 1. The molecule has 0 saturated carbocycles. The summed E-state index contributed by atoms with van der Waals surface area (Å²) in [6.07, 6.45) is 0.741. The van der Waals surface area contributed by atoms with Crippen molar-refractivity contribution in [3.05, 3.63) is 35.9 Å². The molecule has 1 amide bonds. The van der Waals surface area contributed by atoms with Gasteiger partial charge in [-0.15, -0.1) is 0 Å². The zero-order valence-electron chi connectivity index (χ0n) is 10.9. The molecule has 6 nitrogen and oxygen atoms in total. The van der Waals surface area contributed by atoms with Crippen molar-refractivity contribution in [1.29, 1.82) is 0 Å². The van der Waals surface area contributed by atoms with Gasteiger partial charge in [-0.25, -0.2) is 4.21 Å². The molecule has 7 heteroatoms. The lowest BCUT2D eigenvalue weighted by Gasteiger charge is -2.17. The maximum atomic E-state index is 11.7. The molecule has 1 aliphatic heterocycles. The topological polar surface area (TPSA) is 93.0 Å². The fourth-order valence-corrected chi connectivity index (χ4v) is 3.65. The number of carbonyl (C=O) groups excluding carboxylic acids is 2. The first kappa shape index (κ1) is 14.7. The number of amides is 1. The quantitative estimate of drug-likeness (QED) is 0.816. The number of benzene rings is 1. The van der Waals surface area contributed by atoms with Crippen molar-refractivity contribution >= 4 is 21.6 Å². The Hall–Kier alpha value is -1.73. The predicted octanol–water partition coefficient (Wildman–Crippen LogP) is 0.489. The van der Waals surface area contributed by atoms with E-state index in [1.165, 1.54) is 6.26 Å². The molecule has 0 aliphatic carbocycles. The minimum atomic E-state index is -2.75. The summed E-state index contributed by atoms with van der Waals surface area (Å²) in [5, 5.41) is 10.0. The van der Waals surface area contributed by atoms with Crippen molar-refractivity contribution in [3.63, 3.8) is 0 Å². The van der Waals surface area contributed by atoms with E-state index in [-0.39, 0.29) is 12.4 Å². The standard InChI is InChI=1S/C13H15NO5S/c1-20(18)9-13(17,12(16)14-20)7-11(15)19-8-10-5-3-2-4-6-10/h2-6,17H,7-9H2,1H3. The third kappa shape index (κ3) is 3.43. The highest BCUT2D eigenvalue weighted by Crippen LogP contribution is 2.24. The number of carbonyl (C=O) groups is 2. The molecular weight excluding hydrogens is 282 g/mol. The van der Waals surface area contributed by atoms with Crippen LogP contribution >= 0.6 is 0 Å². The van der Waals surface area contributed by atoms with Gasteiger partial charge in [-0.05, 0) is 5.56 Å². The van der Waals surface area contributed by atoms with Crippen LogP contribution in [0.15, 0.2) is 34.7 Å². The molecule has 1 aliphatic rings. The third-order valence-corrected chi connectivity index (χ3v) is 4.43. The molecule has 0 bridgehead atoms. The van der Waals surface area contributed by atoms with E-state index in [9.17, 15) is 18.9 Å². The first-order valence-corrected chi connectivity index (χ1v) is 8.06. The summed E-state index contributed by atoms with van der Waals surface area (Å²) in [4.78, 5) is 23.2. The van der Waals surface area contributed by atoms with Gasteiger partial charge < -0.3 is 9.84 Å². The average Bonchev–Trinajstić information content (AvgIpc) is 2.56. The minimum absolute atomic E-state index is 0.0581. The molecule has 0 spiro atoms. The maximum Gasteiger partial charge on any atom is 0.309 e. The highest BCUT2D eigenvalue weighted by molar-refractivity contribution is 7.93. The van der Waals surface area contributed by atoms with E-state index in [2.05, 4.69) is 4.36 Å². The average molecular weight is 297 g/mol.